The quantitative estimate of drug-likeness (QED) is 0.791. The Morgan fingerprint density at radius 3 is 2.50 bits per heavy atom. The summed E-state index contributed by atoms with van der Waals surface area (Å²) in [4.78, 5) is 24.4. The average molecular weight is 225 g/mol. The van der Waals surface area contributed by atoms with Crippen LogP contribution < -0.4 is 0 Å². The van der Waals surface area contributed by atoms with Crippen molar-refractivity contribution in [2.75, 3.05) is 6.54 Å². The molecular formula is C12H19NO3. The Morgan fingerprint density at radius 2 is 1.94 bits per heavy atom. The number of hydrogen-bond acceptors (Lipinski definition) is 2. The van der Waals surface area contributed by atoms with E-state index in [0.29, 0.717) is 19.4 Å². The second-order valence-electron chi connectivity index (χ2n) is 4.92. The van der Waals surface area contributed by atoms with E-state index in [1.807, 2.05) is 0 Å². The summed E-state index contributed by atoms with van der Waals surface area (Å²) in [5.74, 6) is -0.0962. The van der Waals surface area contributed by atoms with Crippen LogP contribution in [0, 0.1) is 5.92 Å². The van der Waals surface area contributed by atoms with Gasteiger partial charge in [-0.15, -0.1) is 0 Å². The Morgan fingerprint density at radius 1 is 1.19 bits per heavy atom. The molecule has 0 aromatic carbocycles. The molecule has 0 aromatic heterocycles. The summed E-state index contributed by atoms with van der Waals surface area (Å²) < 4.78 is 0. The first-order valence-electron chi connectivity index (χ1n) is 6.21. The first-order chi connectivity index (χ1) is 7.68. The molecule has 4 nitrogen and oxygen atoms in total. The molecule has 1 atom stereocenters. The minimum absolute atomic E-state index is 0.0387. The van der Waals surface area contributed by atoms with Gasteiger partial charge in [-0.25, -0.2) is 4.79 Å². The maximum absolute atomic E-state index is 11.9. The number of aliphatic carboxylic acids is 1. The van der Waals surface area contributed by atoms with Crippen LogP contribution in [-0.4, -0.2) is 34.5 Å². The Labute approximate surface area is 95.6 Å². The Balaban J connectivity index is 1.80. The second-order valence-corrected chi connectivity index (χ2v) is 4.92. The standard InChI is InChI=1S/C12H19NO3/c14-11(7-6-9-3-1-4-9)13-8-2-5-10(13)12(15)16/h9-10H,1-8H2,(H,15,16)/t10-/m1/s1. The fraction of sp³-hybridized carbons (Fsp3) is 0.833. The zero-order valence-electron chi connectivity index (χ0n) is 9.52. The third kappa shape index (κ3) is 2.36. The largest absolute Gasteiger partial charge is 0.480 e. The molecule has 0 radical (unpaired) electrons. The van der Waals surface area contributed by atoms with Gasteiger partial charge in [0.25, 0.3) is 0 Å². The number of likely N-dealkylation sites (tertiary alicyclic amines) is 1. The van der Waals surface area contributed by atoms with Gasteiger partial charge in [-0.3, -0.25) is 4.79 Å². The third-order valence-corrected chi connectivity index (χ3v) is 3.85. The summed E-state index contributed by atoms with van der Waals surface area (Å²) in [5, 5.41) is 8.97. The van der Waals surface area contributed by atoms with Gasteiger partial charge in [-0.2, -0.15) is 0 Å². The van der Waals surface area contributed by atoms with Crippen LogP contribution in [0.4, 0.5) is 0 Å². The summed E-state index contributed by atoms with van der Waals surface area (Å²) in [7, 11) is 0. The van der Waals surface area contributed by atoms with Crippen LogP contribution >= 0.6 is 0 Å². The minimum Gasteiger partial charge on any atom is -0.480 e. The highest BCUT2D eigenvalue weighted by atomic mass is 16.4. The van der Waals surface area contributed by atoms with Gasteiger partial charge in [-0.1, -0.05) is 19.3 Å². The third-order valence-electron chi connectivity index (χ3n) is 3.85. The Bertz CT molecular complexity index is 286. The molecule has 1 aliphatic heterocycles. The van der Waals surface area contributed by atoms with Crippen molar-refractivity contribution in [3.05, 3.63) is 0 Å². The fourth-order valence-electron chi connectivity index (χ4n) is 2.57. The van der Waals surface area contributed by atoms with Gasteiger partial charge in [-0.05, 0) is 25.2 Å². The topological polar surface area (TPSA) is 57.6 Å². The van der Waals surface area contributed by atoms with Gasteiger partial charge in [0.2, 0.25) is 5.91 Å². The fourth-order valence-corrected chi connectivity index (χ4v) is 2.57. The molecule has 0 bridgehead atoms. The minimum atomic E-state index is -0.852. The normalized spacial score (nSPS) is 25.5. The molecule has 1 saturated carbocycles. The van der Waals surface area contributed by atoms with E-state index in [4.69, 9.17) is 5.11 Å². The van der Waals surface area contributed by atoms with Crippen molar-refractivity contribution in [2.45, 2.75) is 51.0 Å². The van der Waals surface area contributed by atoms with Crippen LogP contribution in [0.3, 0.4) is 0 Å². The predicted molar refractivity (Wildman–Crippen MR) is 58.9 cm³/mol. The predicted octanol–water partition coefficient (Wildman–Crippen LogP) is 1.64. The van der Waals surface area contributed by atoms with Gasteiger partial charge in [0.15, 0.2) is 0 Å². The number of carbonyl (C=O) groups excluding carboxylic acids is 1. The molecule has 0 aromatic rings. The SMILES string of the molecule is O=C(O)[C@H]1CCCN1C(=O)CCC1CCC1. The number of carbonyl (C=O) groups is 2. The van der Waals surface area contributed by atoms with Crippen LogP contribution in [0.1, 0.15) is 44.9 Å². The van der Waals surface area contributed by atoms with Gasteiger partial charge < -0.3 is 10.0 Å². The molecule has 2 fully saturated rings. The molecule has 0 spiro atoms. The van der Waals surface area contributed by atoms with Crippen molar-refractivity contribution in [1.82, 2.24) is 4.90 Å². The smallest absolute Gasteiger partial charge is 0.326 e. The number of amides is 1. The first kappa shape index (κ1) is 11.4. The molecule has 2 aliphatic rings. The van der Waals surface area contributed by atoms with E-state index >= 15 is 0 Å². The highest BCUT2D eigenvalue weighted by molar-refractivity contribution is 5.84. The van der Waals surface area contributed by atoms with Gasteiger partial charge in [0, 0.05) is 13.0 Å². The van der Waals surface area contributed by atoms with Crippen molar-refractivity contribution in [3.8, 4) is 0 Å². The van der Waals surface area contributed by atoms with Crippen molar-refractivity contribution in [2.24, 2.45) is 5.92 Å². The van der Waals surface area contributed by atoms with Gasteiger partial charge in [0.1, 0.15) is 6.04 Å². The van der Waals surface area contributed by atoms with E-state index in [1.165, 1.54) is 19.3 Å². The number of hydrogen-bond donors (Lipinski definition) is 1. The molecule has 1 heterocycles. The molecule has 16 heavy (non-hydrogen) atoms. The molecule has 90 valence electrons. The molecule has 1 saturated heterocycles. The lowest BCUT2D eigenvalue weighted by atomic mass is 9.82. The summed E-state index contributed by atoms with van der Waals surface area (Å²) >= 11 is 0. The van der Waals surface area contributed by atoms with E-state index in [9.17, 15) is 9.59 Å². The zero-order chi connectivity index (χ0) is 11.5. The van der Waals surface area contributed by atoms with Crippen LogP contribution in [0.2, 0.25) is 0 Å². The lowest BCUT2D eigenvalue weighted by Crippen LogP contribution is -2.40. The first-order valence-corrected chi connectivity index (χ1v) is 6.21. The van der Waals surface area contributed by atoms with Crippen molar-refractivity contribution >= 4 is 11.9 Å². The van der Waals surface area contributed by atoms with Crippen molar-refractivity contribution < 1.29 is 14.7 Å². The Hall–Kier alpha value is -1.06. The molecular weight excluding hydrogens is 206 g/mol. The lowest BCUT2D eigenvalue weighted by Gasteiger charge is -2.27. The monoisotopic (exact) mass is 225 g/mol. The number of carboxylic acids is 1. The van der Waals surface area contributed by atoms with E-state index < -0.39 is 12.0 Å². The van der Waals surface area contributed by atoms with Gasteiger partial charge in [0.05, 0.1) is 0 Å². The van der Waals surface area contributed by atoms with Crippen molar-refractivity contribution in [3.63, 3.8) is 0 Å². The summed E-state index contributed by atoms with van der Waals surface area (Å²) in [6.07, 6.45) is 6.71. The van der Waals surface area contributed by atoms with E-state index in [-0.39, 0.29) is 5.91 Å². The number of rotatable bonds is 4. The van der Waals surface area contributed by atoms with Crippen LogP contribution in [-0.2, 0) is 9.59 Å². The molecule has 0 unspecified atom stereocenters. The molecule has 4 heteroatoms. The van der Waals surface area contributed by atoms with Gasteiger partial charge >= 0.3 is 5.97 Å². The zero-order valence-corrected chi connectivity index (χ0v) is 9.52. The molecule has 1 amide bonds. The summed E-state index contributed by atoms with van der Waals surface area (Å²) in [6, 6.07) is -0.561. The van der Waals surface area contributed by atoms with Crippen LogP contribution in [0.5, 0.6) is 0 Å². The van der Waals surface area contributed by atoms with Crippen molar-refractivity contribution in [1.29, 1.82) is 0 Å². The van der Waals surface area contributed by atoms with E-state index in [0.717, 1.165) is 18.8 Å². The molecule has 1 aliphatic carbocycles. The highest BCUT2D eigenvalue weighted by Crippen LogP contribution is 2.31. The maximum atomic E-state index is 11.9. The van der Waals surface area contributed by atoms with E-state index in [1.54, 1.807) is 4.90 Å². The Kier molecular flexibility index (Phi) is 3.46. The molecule has 1 N–H and O–H groups in total. The number of carboxylic acid groups (broad SMARTS) is 1. The second kappa shape index (κ2) is 4.85. The average Bonchev–Trinajstić information content (AvgIpc) is 2.63. The van der Waals surface area contributed by atoms with Crippen LogP contribution in [0.15, 0.2) is 0 Å². The summed E-state index contributed by atoms with van der Waals surface area (Å²) in [5.41, 5.74) is 0. The molecule has 2 rings (SSSR count). The van der Waals surface area contributed by atoms with E-state index in [2.05, 4.69) is 0 Å². The maximum Gasteiger partial charge on any atom is 0.326 e. The summed E-state index contributed by atoms with van der Waals surface area (Å²) in [6.45, 7) is 0.625. The number of nitrogens with zero attached hydrogens (tertiary/aromatic N) is 1. The lowest BCUT2D eigenvalue weighted by molar-refractivity contribution is -0.148. The van der Waals surface area contributed by atoms with Crippen LogP contribution in [0.25, 0.3) is 0 Å². The highest BCUT2D eigenvalue weighted by Gasteiger charge is 2.33.